The van der Waals surface area contributed by atoms with Gasteiger partial charge >= 0.3 is 0 Å². The van der Waals surface area contributed by atoms with Gasteiger partial charge < -0.3 is 0 Å². The van der Waals surface area contributed by atoms with Crippen LogP contribution in [0.3, 0.4) is 0 Å². The molecule has 0 unspecified atom stereocenters. The second-order valence-corrected chi connectivity index (χ2v) is 4.80. The summed E-state index contributed by atoms with van der Waals surface area (Å²) in [7, 11) is 0. The van der Waals surface area contributed by atoms with Crippen molar-refractivity contribution < 1.29 is 4.39 Å². The minimum atomic E-state index is -0.349. The van der Waals surface area contributed by atoms with Crippen molar-refractivity contribution in [2.24, 2.45) is 4.99 Å². The lowest BCUT2D eigenvalue weighted by atomic mass is 10.0. The van der Waals surface area contributed by atoms with Crippen molar-refractivity contribution in [3.8, 4) is 11.1 Å². The van der Waals surface area contributed by atoms with Crippen LogP contribution in [0.25, 0.3) is 11.1 Å². The second kappa shape index (κ2) is 5.00. The fraction of sp³-hybridized carbons (Fsp3) is 0.200. The molecule has 4 heteroatoms. The number of benzene rings is 1. The first-order valence-electron chi connectivity index (χ1n) is 6.11. The number of aliphatic imine (C=N–C) groups is 1. The SMILES string of the molecule is Fc1cc(N=C=S)ncc1-c1ccc(C2CC2)cc1. The lowest BCUT2D eigenvalue weighted by molar-refractivity contribution is 0.629. The molecular formula is C15H11FN2S. The fourth-order valence-corrected chi connectivity index (χ4v) is 2.19. The van der Waals surface area contributed by atoms with Crippen LogP contribution in [0, 0.1) is 5.82 Å². The maximum Gasteiger partial charge on any atom is 0.165 e. The van der Waals surface area contributed by atoms with Gasteiger partial charge in [0.25, 0.3) is 0 Å². The van der Waals surface area contributed by atoms with Crippen LogP contribution in [-0.4, -0.2) is 10.1 Å². The standard InChI is InChI=1S/C15H11FN2S/c16-14-7-15(18-9-19)17-8-13(14)12-5-3-11(4-6-12)10-1-2-10/h3-8,10H,1-2H2. The van der Waals surface area contributed by atoms with Crippen molar-refractivity contribution in [2.45, 2.75) is 18.8 Å². The van der Waals surface area contributed by atoms with Crippen molar-refractivity contribution >= 4 is 23.2 Å². The van der Waals surface area contributed by atoms with Crippen LogP contribution in [0.2, 0.25) is 0 Å². The second-order valence-electron chi connectivity index (χ2n) is 4.62. The Labute approximate surface area is 116 Å². The van der Waals surface area contributed by atoms with Gasteiger partial charge in [0.2, 0.25) is 0 Å². The Kier molecular flexibility index (Phi) is 3.20. The molecule has 0 aliphatic heterocycles. The van der Waals surface area contributed by atoms with E-state index < -0.39 is 0 Å². The van der Waals surface area contributed by atoms with Gasteiger partial charge in [0.15, 0.2) is 5.82 Å². The van der Waals surface area contributed by atoms with Crippen LogP contribution in [-0.2, 0) is 0 Å². The van der Waals surface area contributed by atoms with E-state index >= 15 is 0 Å². The first kappa shape index (κ1) is 12.2. The summed E-state index contributed by atoms with van der Waals surface area (Å²) in [6.45, 7) is 0. The van der Waals surface area contributed by atoms with E-state index in [9.17, 15) is 4.39 Å². The highest BCUT2D eigenvalue weighted by molar-refractivity contribution is 7.78. The molecule has 2 aromatic rings. The zero-order valence-electron chi connectivity index (χ0n) is 10.1. The monoisotopic (exact) mass is 270 g/mol. The average Bonchev–Trinajstić information content (AvgIpc) is 3.24. The van der Waals surface area contributed by atoms with Crippen LogP contribution in [0.15, 0.2) is 41.5 Å². The van der Waals surface area contributed by atoms with E-state index in [1.54, 1.807) is 0 Å². The van der Waals surface area contributed by atoms with E-state index in [1.807, 2.05) is 12.1 Å². The van der Waals surface area contributed by atoms with Crippen molar-refractivity contribution in [1.82, 2.24) is 4.98 Å². The highest BCUT2D eigenvalue weighted by atomic mass is 32.1. The molecule has 1 saturated carbocycles. The molecule has 1 aliphatic carbocycles. The van der Waals surface area contributed by atoms with E-state index in [2.05, 4.69) is 39.5 Å². The van der Waals surface area contributed by atoms with Gasteiger partial charge in [0.1, 0.15) is 5.82 Å². The maximum absolute atomic E-state index is 14.0. The molecule has 1 aromatic heterocycles. The first-order chi connectivity index (χ1) is 9.28. The van der Waals surface area contributed by atoms with E-state index in [1.165, 1.54) is 30.7 Å². The average molecular weight is 270 g/mol. The molecule has 0 bridgehead atoms. The molecule has 0 radical (unpaired) electrons. The van der Waals surface area contributed by atoms with Crippen molar-refractivity contribution in [3.63, 3.8) is 0 Å². The minimum Gasteiger partial charge on any atom is -0.236 e. The summed E-state index contributed by atoms with van der Waals surface area (Å²) >= 11 is 4.47. The molecular weight excluding hydrogens is 259 g/mol. The predicted molar refractivity (Wildman–Crippen MR) is 76.3 cm³/mol. The van der Waals surface area contributed by atoms with Crippen LogP contribution in [0.1, 0.15) is 24.3 Å². The van der Waals surface area contributed by atoms with Gasteiger partial charge in [-0.05, 0) is 42.1 Å². The number of halogens is 1. The summed E-state index contributed by atoms with van der Waals surface area (Å²) in [6.07, 6.45) is 4.01. The quantitative estimate of drug-likeness (QED) is 0.606. The van der Waals surface area contributed by atoms with Gasteiger partial charge in [0, 0.05) is 17.8 Å². The Hall–Kier alpha value is -1.90. The van der Waals surface area contributed by atoms with Crippen molar-refractivity contribution in [1.29, 1.82) is 0 Å². The van der Waals surface area contributed by atoms with Gasteiger partial charge in [-0.25, -0.2) is 9.37 Å². The summed E-state index contributed by atoms with van der Waals surface area (Å²) in [6, 6.07) is 9.28. The number of aromatic nitrogens is 1. The van der Waals surface area contributed by atoms with Crippen molar-refractivity contribution in [3.05, 3.63) is 47.9 Å². The normalized spacial score (nSPS) is 13.9. The molecule has 2 nitrogen and oxygen atoms in total. The van der Waals surface area contributed by atoms with E-state index in [-0.39, 0.29) is 11.6 Å². The van der Waals surface area contributed by atoms with Crippen molar-refractivity contribution in [2.75, 3.05) is 0 Å². The Morgan fingerprint density at radius 1 is 1.26 bits per heavy atom. The van der Waals surface area contributed by atoms with Crippen LogP contribution >= 0.6 is 12.2 Å². The molecule has 3 rings (SSSR count). The minimum absolute atomic E-state index is 0.242. The molecule has 19 heavy (non-hydrogen) atoms. The molecule has 0 atom stereocenters. The van der Waals surface area contributed by atoms with Gasteiger partial charge in [-0.15, -0.1) is 0 Å². The number of nitrogens with zero attached hydrogens (tertiary/aromatic N) is 2. The lowest BCUT2D eigenvalue weighted by Gasteiger charge is -2.05. The zero-order chi connectivity index (χ0) is 13.2. The summed E-state index contributed by atoms with van der Waals surface area (Å²) in [5, 5.41) is 2.18. The van der Waals surface area contributed by atoms with Crippen LogP contribution in [0.4, 0.5) is 10.2 Å². The van der Waals surface area contributed by atoms with Crippen LogP contribution in [0.5, 0.6) is 0 Å². The van der Waals surface area contributed by atoms with E-state index in [4.69, 9.17) is 0 Å². The Bertz CT molecular complexity index is 656. The predicted octanol–water partition coefficient (Wildman–Crippen LogP) is 4.50. The largest absolute Gasteiger partial charge is 0.236 e. The summed E-state index contributed by atoms with van der Waals surface area (Å²) in [5.74, 6) is 0.598. The number of isothiocyanates is 1. The number of thiocarbonyl (C=S) groups is 1. The molecule has 0 amide bonds. The number of hydrogen-bond acceptors (Lipinski definition) is 3. The summed E-state index contributed by atoms with van der Waals surface area (Å²) in [4.78, 5) is 7.70. The summed E-state index contributed by atoms with van der Waals surface area (Å²) in [5.41, 5.74) is 2.64. The number of rotatable bonds is 3. The van der Waals surface area contributed by atoms with Gasteiger partial charge in [0.05, 0.1) is 5.16 Å². The number of pyridine rings is 1. The van der Waals surface area contributed by atoms with E-state index in [0.717, 1.165) is 5.56 Å². The molecule has 1 aliphatic rings. The third kappa shape index (κ3) is 2.60. The molecule has 0 saturated heterocycles. The third-order valence-corrected chi connectivity index (χ3v) is 3.36. The highest BCUT2D eigenvalue weighted by Crippen LogP contribution is 2.40. The molecule has 1 fully saturated rings. The molecule has 1 heterocycles. The molecule has 0 spiro atoms. The lowest BCUT2D eigenvalue weighted by Crippen LogP contribution is -1.87. The number of hydrogen-bond donors (Lipinski definition) is 0. The van der Waals surface area contributed by atoms with Crippen LogP contribution < -0.4 is 0 Å². The smallest absolute Gasteiger partial charge is 0.165 e. The van der Waals surface area contributed by atoms with Gasteiger partial charge in [-0.1, -0.05) is 24.3 Å². The van der Waals surface area contributed by atoms with Gasteiger partial charge in [-0.2, -0.15) is 4.99 Å². The Morgan fingerprint density at radius 3 is 2.58 bits per heavy atom. The fourth-order valence-electron chi connectivity index (χ4n) is 2.09. The maximum atomic E-state index is 14.0. The first-order valence-corrected chi connectivity index (χ1v) is 6.52. The third-order valence-electron chi connectivity index (χ3n) is 3.27. The zero-order valence-corrected chi connectivity index (χ0v) is 11.0. The molecule has 0 N–H and O–H groups in total. The Morgan fingerprint density at radius 2 is 2.00 bits per heavy atom. The van der Waals surface area contributed by atoms with Gasteiger partial charge in [-0.3, -0.25) is 0 Å². The highest BCUT2D eigenvalue weighted by Gasteiger charge is 2.23. The Balaban J connectivity index is 1.94. The van der Waals surface area contributed by atoms with E-state index in [0.29, 0.717) is 11.5 Å². The topological polar surface area (TPSA) is 25.2 Å². The molecule has 94 valence electrons. The summed E-state index contributed by atoms with van der Waals surface area (Å²) < 4.78 is 14.0. The molecule has 1 aromatic carbocycles.